The van der Waals surface area contributed by atoms with Crippen molar-refractivity contribution in [3.05, 3.63) is 76.4 Å². The van der Waals surface area contributed by atoms with Crippen molar-refractivity contribution in [3.63, 3.8) is 0 Å². The van der Waals surface area contributed by atoms with E-state index in [0.717, 1.165) is 10.5 Å². The number of halogens is 2. The zero-order chi connectivity index (χ0) is 17.6. The maximum Gasteiger partial charge on any atom is 0.235 e. The number of nitrogens with one attached hydrogen (secondary N) is 1. The predicted molar refractivity (Wildman–Crippen MR) is 104 cm³/mol. The maximum absolute atomic E-state index is 12.2. The first-order valence-corrected chi connectivity index (χ1v) is 9.30. The number of anilines is 1. The van der Waals surface area contributed by atoms with E-state index in [1.165, 1.54) is 11.8 Å². The van der Waals surface area contributed by atoms with E-state index in [2.05, 4.69) is 10.4 Å². The van der Waals surface area contributed by atoms with Crippen molar-refractivity contribution < 1.29 is 4.79 Å². The van der Waals surface area contributed by atoms with Crippen molar-refractivity contribution in [1.29, 1.82) is 0 Å². The van der Waals surface area contributed by atoms with Gasteiger partial charge in [0.1, 0.15) is 5.82 Å². The molecule has 0 unspecified atom stereocenters. The number of amides is 1. The van der Waals surface area contributed by atoms with E-state index < -0.39 is 0 Å². The lowest BCUT2D eigenvalue weighted by Gasteiger charge is -2.11. The minimum absolute atomic E-state index is 0.0900. The Kier molecular flexibility index (Phi) is 6.02. The lowest BCUT2D eigenvalue weighted by atomic mass is 10.2. The van der Waals surface area contributed by atoms with Crippen molar-refractivity contribution in [2.45, 2.75) is 11.4 Å². The van der Waals surface area contributed by atoms with Gasteiger partial charge < -0.3 is 5.32 Å². The van der Waals surface area contributed by atoms with Crippen molar-refractivity contribution in [2.24, 2.45) is 0 Å². The quantitative estimate of drug-likeness (QED) is 0.603. The molecule has 0 fully saturated rings. The molecule has 128 valence electrons. The van der Waals surface area contributed by atoms with E-state index in [0.29, 0.717) is 28.2 Å². The van der Waals surface area contributed by atoms with Crippen molar-refractivity contribution in [2.75, 3.05) is 11.1 Å². The molecule has 0 radical (unpaired) electrons. The Morgan fingerprint density at radius 3 is 2.68 bits per heavy atom. The molecule has 2 aromatic carbocycles. The zero-order valence-electron chi connectivity index (χ0n) is 13.2. The van der Waals surface area contributed by atoms with Gasteiger partial charge in [-0.25, -0.2) is 4.68 Å². The van der Waals surface area contributed by atoms with Gasteiger partial charge in [-0.15, -0.1) is 11.8 Å². The SMILES string of the molecule is O=C(CSc1ccccc1)Nc1ccnn1Cc1cccc(Cl)c1Cl. The third kappa shape index (κ3) is 4.78. The van der Waals surface area contributed by atoms with Crippen LogP contribution < -0.4 is 5.32 Å². The fraction of sp³-hybridized carbons (Fsp3) is 0.111. The molecular weight excluding hydrogens is 377 g/mol. The lowest BCUT2D eigenvalue weighted by Crippen LogP contribution is -2.17. The van der Waals surface area contributed by atoms with Crippen molar-refractivity contribution in [1.82, 2.24) is 9.78 Å². The summed E-state index contributed by atoms with van der Waals surface area (Å²) in [6.07, 6.45) is 1.64. The van der Waals surface area contributed by atoms with Gasteiger partial charge >= 0.3 is 0 Å². The van der Waals surface area contributed by atoms with E-state index in [9.17, 15) is 4.79 Å². The van der Waals surface area contributed by atoms with Crippen LogP contribution in [0, 0.1) is 0 Å². The molecule has 25 heavy (non-hydrogen) atoms. The van der Waals surface area contributed by atoms with Crippen molar-refractivity contribution in [3.8, 4) is 0 Å². The van der Waals surface area contributed by atoms with E-state index in [1.54, 1.807) is 23.0 Å². The van der Waals surface area contributed by atoms with Gasteiger partial charge in [0, 0.05) is 11.0 Å². The van der Waals surface area contributed by atoms with Crippen LogP contribution in [0.5, 0.6) is 0 Å². The molecule has 1 amide bonds. The maximum atomic E-state index is 12.2. The molecule has 3 aromatic rings. The molecule has 4 nitrogen and oxygen atoms in total. The Balaban J connectivity index is 1.63. The Bertz CT molecular complexity index is 868. The third-order valence-electron chi connectivity index (χ3n) is 3.45. The highest BCUT2D eigenvalue weighted by molar-refractivity contribution is 8.00. The number of benzene rings is 2. The molecule has 0 aliphatic rings. The molecule has 1 N–H and O–H groups in total. The standard InChI is InChI=1S/C18H15Cl2N3OS/c19-15-8-4-5-13(18(15)20)11-23-16(9-10-21-23)22-17(24)12-25-14-6-2-1-3-7-14/h1-10H,11-12H2,(H,22,24). The summed E-state index contributed by atoms with van der Waals surface area (Å²) >= 11 is 13.7. The summed E-state index contributed by atoms with van der Waals surface area (Å²) in [5.41, 5.74) is 0.840. The second-order valence-corrected chi connectivity index (χ2v) is 7.07. The van der Waals surface area contributed by atoms with Crippen molar-refractivity contribution >= 4 is 46.7 Å². The van der Waals surface area contributed by atoms with Crippen LogP contribution in [-0.4, -0.2) is 21.4 Å². The molecule has 0 aliphatic carbocycles. The minimum Gasteiger partial charge on any atom is -0.310 e. The van der Waals surface area contributed by atoms with Crippen LogP contribution in [0.2, 0.25) is 10.0 Å². The van der Waals surface area contributed by atoms with E-state index in [-0.39, 0.29) is 5.91 Å². The molecular formula is C18H15Cl2N3OS. The van der Waals surface area contributed by atoms with Crippen LogP contribution in [0.4, 0.5) is 5.82 Å². The summed E-state index contributed by atoms with van der Waals surface area (Å²) in [4.78, 5) is 13.2. The average molecular weight is 392 g/mol. The number of thioether (sulfide) groups is 1. The Morgan fingerprint density at radius 1 is 1.08 bits per heavy atom. The molecule has 0 aliphatic heterocycles. The smallest absolute Gasteiger partial charge is 0.235 e. The highest BCUT2D eigenvalue weighted by atomic mass is 35.5. The van der Waals surface area contributed by atoms with E-state index in [4.69, 9.17) is 23.2 Å². The largest absolute Gasteiger partial charge is 0.310 e. The van der Waals surface area contributed by atoms with Gasteiger partial charge in [-0.1, -0.05) is 53.5 Å². The molecule has 7 heteroatoms. The second kappa shape index (κ2) is 8.43. The minimum atomic E-state index is -0.0900. The summed E-state index contributed by atoms with van der Waals surface area (Å²) in [5, 5.41) is 8.12. The molecule has 0 saturated heterocycles. The van der Waals surface area contributed by atoms with Gasteiger partial charge in [-0.2, -0.15) is 5.10 Å². The molecule has 1 heterocycles. The number of nitrogens with zero attached hydrogens (tertiary/aromatic N) is 2. The van der Waals surface area contributed by atoms with Crippen LogP contribution in [0.15, 0.2) is 65.7 Å². The average Bonchev–Trinajstić information content (AvgIpc) is 3.05. The Morgan fingerprint density at radius 2 is 1.88 bits per heavy atom. The summed E-state index contributed by atoms with van der Waals surface area (Å²) < 4.78 is 1.68. The van der Waals surface area contributed by atoms with Gasteiger partial charge in [0.2, 0.25) is 5.91 Å². The van der Waals surface area contributed by atoms with Gasteiger partial charge in [0.25, 0.3) is 0 Å². The first-order chi connectivity index (χ1) is 12.1. The Labute approximate surface area is 160 Å². The number of aromatic nitrogens is 2. The van der Waals surface area contributed by atoms with Crippen LogP contribution >= 0.6 is 35.0 Å². The fourth-order valence-corrected chi connectivity index (χ4v) is 3.34. The number of carbonyl (C=O) groups is 1. The third-order valence-corrected chi connectivity index (χ3v) is 5.32. The van der Waals surface area contributed by atoms with Gasteiger partial charge in [0.05, 0.1) is 28.5 Å². The number of rotatable bonds is 6. The van der Waals surface area contributed by atoms with Crippen LogP contribution in [0.3, 0.4) is 0 Å². The Hall–Kier alpha value is -1.95. The normalized spacial score (nSPS) is 10.6. The van der Waals surface area contributed by atoms with E-state index >= 15 is 0 Å². The number of carbonyl (C=O) groups excluding carboxylic acids is 1. The number of hydrogen-bond donors (Lipinski definition) is 1. The molecule has 0 spiro atoms. The first-order valence-electron chi connectivity index (χ1n) is 7.56. The summed E-state index contributed by atoms with van der Waals surface area (Å²) in [5.74, 6) is 0.857. The summed E-state index contributed by atoms with van der Waals surface area (Å²) in [6.45, 7) is 0.424. The monoisotopic (exact) mass is 391 g/mol. The van der Waals surface area contributed by atoms with Gasteiger partial charge in [-0.05, 0) is 23.8 Å². The van der Waals surface area contributed by atoms with Crippen LogP contribution in [0.25, 0.3) is 0 Å². The van der Waals surface area contributed by atoms with Crippen LogP contribution in [-0.2, 0) is 11.3 Å². The summed E-state index contributed by atoms with van der Waals surface area (Å²) in [6, 6.07) is 17.0. The topological polar surface area (TPSA) is 46.9 Å². The summed E-state index contributed by atoms with van der Waals surface area (Å²) in [7, 11) is 0. The lowest BCUT2D eigenvalue weighted by molar-refractivity contribution is -0.113. The molecule has 3 rings (SSSR count). The molecule has 0 saturated carbocycles. The highest BCUT2D eigenvalue weighted by Gasteiger charge is 2.11. The highest BCUT2D eigenvalue weighted by Crippen LogP contribution is 2.26. The second-order valence-electron chi connectivity index (χ2n) is 5.24. The molecule has 1 aromatic heterocycles. The van der Waals surface area contributed by atoms with E-state index in [1.807, 2.05) is 42.5 Å². The number of hydrogen-bond acceptors (Lipinski definition) is 3. The predicted octanol–water partition coefficient (Wildman–Crippen LogP) is 4.97. The van der Waals surface area contributed by atoms with Gasteiger partial charge in [-0.3, -0.25) is 4.79 Å². The molecule has 0 atom stereocenters. The zero-order valence-corrected chi connectivity index (χ0v) is 15.5. The molecule has 0 bridgehead atoms. The fourth-order valence-electron chi connectivity index (χ4n) is 2.24. The van der Waals surface area contributed by atoms with Crippen LogP contribution in [0.1, 0.15) is 5.56 Å². The van der Waals surface area contributed by atoms with Gasteiger partial charge in [0.15, 0.2) is 0 Å². The first kappa shape index (κ1) is 17.9.